The number of hydrogen-bond acceptors (Lipinski definition) is 4. The summed E-state index contributed by atoms with van der Waals surface area (Å²) in [6.45, 7) is 3.33. The van der Waals surface area contributed by atoms with Crippen LogP contribution in [0, 0.1) is 5.92 Å². The topological polar surface area (TPSA) is 54.8 Å². The Morgan fingerprint density at radius 1 is 1.50 bits per heavy atom. The van der Waals surface area contributed by atoms with Crippen LogP contribution in [0.4, 0.5) is 5.95 Å². The summed E-state index contributed by atoms with van der Waals surface area (Å²) >= 11 is 0. The molecule has 0 aliphatic carbocycles. The molecule has 2 rings (SSSR count). The van der Waals surface area contributed by atoms with Crippen molar-refractivity contribution in [1.82, 2.24) is 20.1 Å². The van der Waals surface area contributed by atoms with E-state index in [0.717, 1.165) is 18.3 Å². The van der Waals surface area contributed by atoms with Gasteiger partial charge in [-0.2, -0.15) is 0 Å². The number of hydrogen-bond donors (Lipinski definition) is 2. The fraction of sp³-hybridized carbons (Fsp3) is 0.778. The van der Waals surface area contributed by atoms with Gasteiger partial charge < -0.3 is 10.6 Å². The van der Waals surface area contributed by atoms with Crippen LogP contribution >= 0.6 is 0 Å². The van der Waals surface area contributed by atoms with E-state index in [2.05, 4.69) is 27.8 Å². The predicted octanol–water partition coefficient (Wildman–Crippen LogP) is 0.527. The third kappa shape index (κ3) is 1.37. The number of rotatable bonds is 2. The standard InChI is InChI=1S/C9H17N5/c1-6-4-5-11-7(6)8-12-13-9(10-2)14(8)3/h6-7,11H,4-5H2,1-3H3,(H,10,13). The first-order chi connectivity index (χ1) is 6.74. The zero-order chi connectivity index (χ0) is 10.1. The van der Waals surface area contributed by atoms with Crippen molar-refractivity contribution in [2.45, 2.75) is 19.4 Å². The Labute approximate surface area is 83.9 Å². The fourth-order valence-corrected chi connectivity index (χ4v) is 2.01. The maximum Gasteiger partial charge on any atom is 0.224 e. The molecule has 0 spiro atoms. The minimum Gasteiger partial charge on any atom is -0.357 e. The Morgan fingerprint density at radius 2 is 2.29 bits per heavy atom. The lowest BCUT2D eigenvalue weighted by molar-refractivity contribution is 0.466. The van der Waals surface area contributed by atoms with E-state index in [0.29, 0.717) is 12.0 Å². The highest BCUT2D eigenvalue weighted by Crippen LogP contribution is 2.28. The van der Waals surface area contributed by atoms with Gasteiger partial charge in [0.25, 0.3) is 0 Å². The first-order valence-corrected chi connectivity index (χ1v) is 5.04. The third-order valence-electron chi connectivity index (χ3n) is 2.94. The summed E-state index contributed by atoms with van der Waals surface area (Å²) in [7, 11) is 3.85. The van der Waals surface area contributed by atoms with Gasteiger partial charge in [0, 0.05) is 14.1 Å². The molecular formula is C9H17N5. The Balaban J connectivity index is 2.27. The van der Waals surface area contributed by atoms with Crippen molar-refractivity contribution < 1.29 is 0 Å². The lowest BCUT2D eigenvalue weighted by atomic mass is 10.0. The smallest absolute Gasteiger partial charge is 0.224 e. The molecule has 0 bridgehead atoms. The van der Waals surface area contributed by atoms with Gasteiger partial charge in [0.05, 0.1) is 6.04 Å². The van der Waals surface area contributed by atoms with Crippen LogP contribution in [0.25, 0.3) is 0 Å². The van der Waals surface area contributed by atoms with Gasteiger partial charge in [0.2, 0.25) is 5.95 Å². The largest absolute Gasteiger partial charge is 0.357 e. The van der Waals surface area contributed by atoms with E-state index in [1.54, 1.807) is 0 Å². The molecule has 5 nitrogen and oxygen atoms in total. The Morgan fingerprint density at radius 3 is 2.79 bits per heavy atom. The monoisotopic (exact) mass is 195 g/mol. The summed E-state index contributed by atoms with van der Waals surface area (Å²) < 4.78 is 2.01. The molecule has 2 heterocycles. The molecule has 0 amide bonds. The highest BCUT2D eigenvalue weighted by molar-refractivity contribution is 5.25. The molecule has 0 saturated carbocycles. The lowest BCUT2D eigenvalue weighted by Crippen LogP contribution is -2.20. The van der Waals surface area contributed by atoms with Gasteiger partial charge in [0.15, 0.2) is 5.82 Å². The summed E-state index contributed by atoms with van der Waals surface area (Å²) in [6, 6.07) is 0.356. The van der Waals surface area contributed by atoms with Crippen molar-refractivity contribution in [3.05, 3.63) is 5.82 Å². The molecule has 1 saturated heterocycles. The first-order valence-electron chi connectivity index (χ1n) is 5.04. The van der Waals surface area contributed by atoms with Gasteiger partial charge >= 0.3 is 0 Å². The van der Waals surface area contributed by atoms with Crippen molar-refractivity contribution in [1.29, 1.82) is 0 Å². The van der Waals surface area contributed by atoms with E-state index in [1.165, 1.54) is 6.42 Å². The van der Waals surface area contributed by atoms with Gasteiger partial charge in [-0.15, -0.1) is 10.2 Å². The van der Waals surface area contributed by atoms with Crippen LogP contribution < -0.4 is 10.6 Å². The molecule has 78 valence electrons. The van der Waals surface area contributed by atoms with Crippen LogP contribution in [0.5, 0.6) is 0 Å². The molecule has 2 N–H and O–H groups in total. The van der Waals surface area contributed by atoms with E-state index >= 15 is 0 Å². The normalized spacial score (nSPS) is 26.8. The number of nitrogens with zero attached hydrogens (tertiary/aromatic N) is 3. The SMILES string of the molecule is CNc1nnc(C2NCCC2C)n1C. The van der Waals surface area contributed by atoms with E-state index < -0.39 is 0 Å². The van der Waals surface area contributed by atoms with Crippen LogP contribution in [0.2, 0.25) is 0 Å². The van der Waals surface area contributed by atoms with Gasteiger partial charge in [-0.05, 0) is 18.9 Å². The molecule has 1 aliphatic heterocycles. The molecule has 1 aliphatic rings. The summed E-state index contributed by atoms with van der Waals surface area (Å²) in [4.78, 5) is 0. The number of nitrogens with one attached hydrogen (secondary N) is 2. The summed E-state index contributed by atoms with van der Waals surface area (Å²) in [5.41, 5.74) is 0. The second-order valence-electron chi connectivity index (χ2n) is 3.89. The summed E-state index contributed by atoms with van der Waals surface area (Å²) in [5, 5.41) is 14.7. The Hall–Kier alpha value is -1.10. The van der Waals surface area contributed by atoms with Gasteiger partial charge in [-0.1, -0.05) is 6.92 Å². The molecule has 14 heavy (non-hydrogen) atoms. The van der Waals surface area contributed by atoms with E-state index in [9.17, 15) is 0 Å². The second kappa shape index (κ2) is 3.57. The van der Waals surface area contributed by atoms with Crippen LogP contribution in [-0.4, -0.2) is 28.4 Å². The van der Waals surface area contributed by atoms with Gasteiger partial charge in [-0.3, -0.25) is 4.57 Å². The molecule has 5 heteroatoms. The van der Waals surface area contributed by atoms with E-state index in [4.69, 9.17) is 0 Å². The number of aromatic nitrogens is 3. The highest BCUT2D eigenvalue weighted by Gasteiger charge is 2.28. The van der Waals surface area contributed by atoms with Crippen LogP contribution in [0.1, 0.15) is 25.2 Å². The predicted molar refractivity (Wildman–Crippen MR) is 55.1 cm³/mol. The van der Waals surface area contributed by atoms with Crippen molar-refractivity contribution in [3.8, 4) is 0 Å². The molecule has 0 radical (unpaired) electrons. The van der Waals surface area contributed by atoms with Crippen molar-refractivity contribution in [2.24, 2.45) is 13.0 Å². The molecule has 1 aromatic heterocycles. The van der Waals surface area contributed by atoms with E-state index in [-0.39, 0.29) is 0 Å². The van der Waals surface area contributed by atoms with Crippen LogP contribution in [0.15, 0.2) is 0 Å². The van der Waals surface area contributed by atoms with Gasteiger partial charge in [-0.25, -0.2) is 0 Å². The average Bonchev–Trinajstić information content (AvgIpc) is 2.72. The minimum atomic E-state index is 0.356. The van der Waals surface area contributed by atoms with E-state index in [1.807, 2.05) is 18.7 Å². The molecule has 0 aromatic carbocycles. The fourth-order valence-electron chi connectivity index (χ4n) is 2.01. The van der Waals surface area contributed by atoms with Crippen molar-refractivity contribution >= 4 is 5.95 Å². The van der Waals surface area contributed by atoms with Crippen LogP contribution in [0.3, 0.4) is 0 Å². The maximum atomic E-state index is 4.21. The quantitative estimate of drug-likeness (QED) is 0.722. The first kappa shape index (κ1) is 9.45. The average molecular weight is 195 g/mol. The Kier molecular flexibility index (Phi) is 2.41. The lowest BCUT2D eigenvalue weighted by Gasteiger charge is -2.14. The minimum absolute atomic E-state index is 0.356. The van der Waals surface area contributed by atoms with Crippen LogP contribution in [-0.2, 0) is 7.05 Å². The van der Waals surface area contributed by atoms with Crippen molar-refractivity contribution in [2.75, 3.05) is 18.9 Å². The molecular weight excluding hydrogens is 178 g/mol. The summed E-state index contributed by atoms with van der Waals surface area (Å²) in [5.74, 6) is 2.49. The van der Waals surface area contributed by atoms with Gasteiger partial charge in [0.1, 0.15) is 0 Å². The molecule has 2 unspecified atom stereocenters. The highest BCUT2D eigenvalue weighted by atomic mass is 15.4. The Bertz CT molecular complexity index is 319. The number of anilines is 1. The summed E-state index contributed by atoms with van der Waals surface area (Å²) in [6.07, 6.45) is 1.21. The third-order valence-corrected chi connectivity index (χ3v) is 2.94. The zero-order valence-electron chi connectivity index (χ0n) is 8.91. The van der Waals surface area contributed by atoms with Crippen molar-refractivity contribution in [3.63, 3.8) is 0 Å². The zero-order valence-corrected chi connectivity index (χ0v) is 8.91. The molecule has 1 fully saturated rings. The molecule has 1 aromatic rings. The second-order valence-corrected chi connectivity index (χ2v) is 3.89. The molecule has 2 atom stereocenters. The maximum absolute atomic E-state index is 4.21.